The van der Waals surface area contributed by atoms with E-state index in [1.807, 2.05) is 0 Å². The molecule has 0 aromatic carbocycles. The fourth-order valence-electron chi connectivity index (χ4n) is 9.25. The van der Waals surface area contributed by atoms with Gasteiger partial charge in [-0.15, -0.1) is 0 Å². The minimum Gasteiger partial charge on any atom is -0.434 e. The number of carbonyl (C=O) groups is 1. The lowest BCUT2D eigenvalue weighted by Gasteiger charge is -2.58. The Balaban J connectivity index is 1.38. The second-order valence-electron chi connectivity index (χ2n) is 14.3. The van der Waals surface area contributed by atoms with Crippen molar-refractivity contribution >= 4 is 6.16 Å². The van der Waals surface area contributed by atoms with Gasteiger partial charge in [-0.3, -0.25) is 0 Å². The van der Waals surface area contributed by atoms with Crippen LogP contribution in [0.5, 0.6) is 0 Å². The van der Waals surface area contributed by atoms with Crippen molar-refractivity contribution in [2.45, 2.75) is 132 Å². The van der Waals surface area contributed by atoms with Crippen molar-refractivity contribution in [3.63, 3.8) is 0 Å². The Morgan fingerprint density at radius 2 is 1.81 bits per heavy atom. The van der Waals surface area contributed by atoms with Crippen LogP contribution in [0.3, 0.4) is 0 Å². The van der Waals surface area contributed by atoms with Crippen molar-refractivity contribution < 1.29 is 14.3 Å². The summed E-state index contributed by atoms with van der Waals surface area (Å²) < 4.78 is 11.2. The third-order valence-corrected chi connectivity index (χ3v) is 11.7. The first-order valence-electron chi connectivity index (χ1n) is 15.6. The van der Waals surface area contributed by atoms with Crippen LogP contribution in [0, 0.1) is 52.3 Å². The molecule has 0 radical (unpaired) electrons. The van der Waals surface area contributed by atoms with Crippen molar-refractivity contribution in [1.29, 1.82) is 0 Å². The molecule has 0 saturated heterocycles. The van der Waals surface area contributed by atoms with E-state index < -0.39 is 6.16 Å². The van der Waals surface area contributed by atoms with Crippen LogP contribution < -0.4 is 0 Å². The highest BCUT2D eigenvalue weighted by atomic mass is 16.7. The highest BCUT2D eigenvalue weighted by Gasteiger charge is 2.59. The van der Waals surface area contributed by atoms with E-state index in [-0.39, 0.29) is 6.10 Å². The van der Waals surface area contributed by atoms with E-state index in [2.05, 4.69) is 54.5 Å². The Labute approximate surface area is 222 Å². The van der Waals surface area contributed by atoms with E-state index in [1.165, 1.54) is 51.4 Å². The molecule has 4 aliphatic carbocycles. The molecule has 206 valence electrons. The van der Waals surface area contributed by atoms with Crippen molar-refractivity contribution in [3.8, 4) is 0 Å². The van der Waals surface area contributed by atoms with Gasteiger partial charge in [-0.05, 0) is 97.2 Å². The zero-order chi connectivity index (χ0) is 26.1. The lowest BCUT2D eigenvalue weighted by atomic mass is 9.47. The second-order valence-corrected chi connectivity index (χ2v) is 14.3. The first-order chi connectivity index (χ1) is 17.1. The second kappa shape index (κ2) is 11.4. The van der Waals surface area contributed by atoms with Crippen molar-refractivity contribution in [2.75, 3.05) is 6.61 Å². The maximum Gasteiger partial charge on any atom is 0.508 e. The van der Waals surface area contributed by atoms with E-state index in [0.717, 1.165) is 61.2 Å². The fourth-order valence-corrected chi connectivity index (χ4v) is 9.25. The lowest BCUT2D eigenvalue weighted by Crippen LogP contribution is -2.51. The standard InChI is InChI=1S/C33H56O3/c1-8-23(4)21-35-31(34)36-26-16-18-32(6)25(20-26)12-13-27-29-15-14-28(24(5)11-9-10-22(2)3)33(29,7)19-17-30(27)32/h12,22-24,26-30H,8-11,13-21H2,1-7H3/t23-,24-,26+,27-,28+,29-,30-,32+,33-/m1/s1. The topological polar surface area (TPSA) is 35.5 Å². The molecule has 3 nitrogen and oxygen atoms in total. The largest absolute Gasteiger partial charge is 0.508 e. The monoisotopic (exact) mass is 500 g/mol. The van der Waals surface area contributed by atoms with Gasteiger partial charge < -0.3 is 9.47 Å². The minimum absolute atomic E-state index is 0.0123. The number of ether oxygens (including phenoxy) is 2. The van der Waals surface area contributed by atoms with Crippen LogP contribution in [-0.2, 0) is 9.47 Å². The summed E-state index contributed by atoms with van der Waals surface area (Å²) in [6.07, 6.45) is 17.3. The third kappa shape index (κ3) is 5.56. The molecule has 0 amide bonds. The predicted molar refractivity (Wildman–Crippen MR) is 149 cm³/mol. The van der Waals surface area contributed by atoms with E-state index >= 15 is 0 Å². The lowest BCUT2D eigenvalue weighted by molar-refractivity contribution is -0.0621. The Bertz CT molecular complexity index is 786. The average Bonchev–Trinajstić information content (AvgIpc) is 3.19. The van der Waals surface area contributed by atoms with Gasteiger partial charge in [0.05, 0.1) is 6.61 Å². The summed E-state index contributed by atoms with van der Waals surface area (Å²) in [5.74, 6) is 5.56. The van der Waals surface area contributed by atoms with Crippen LogP contribution >= 0.6 is 0 Å². The maximum atomic E-state index is 12.3. The summed E-state index contributed by atoms with van der Waals surface area (Å²) in [4.78, 5) is 12.3. The molecule has 0 unspecified atom stereocenters. The Hall–Kier alpha value is -0.990. The summed E-state index contributed by atoms with van der Waals surface area (Å²) in [6.45, 7) is 17.2. The summed E-state index contributed by atoms with van der Waals surface area (Å²) in [5, 5.41) is 0. The van der Waals surface area contributed by atoms with Gasteiger partial charge in [0, 0.05) is 6.42 Å². The van der Waals surface area contributed by atoms with E-state index in [1.54, 1.807) is 5.57 Å². The summed E-state index contributed by atoms with van der Waals surface area (Å²) >= 11 is 0. The van der Waals surface area contributed by atoms with Crippen molar-refractivity contribution in [3.05, 3.63) is 11.6 Å². The molecule has 0 spiro atoms. The predicted octanol–water partition coefficient (Wildman–Crippen LogP) is 9.60. The van der Waals surface area contributed by atoms with Gasteiger partial charge >= 0.3 is 6.16 Å². The molecular weight excluding hydrogens is 444 g/mol. The van der Waals surface area contributed by atoms with Gasteiger partial charge in [0.15, 0.2) is 0 Å². The molecular formula is C33H56O3. The van der Waals surface area contributed by atoms with Gasteiger partial charge in [-0.1, -0.05) is 85.8 Å². The molecule has 3 saturated carbocycles. The normalized spacial score (nSPS) is 39.4. The number of fused-ring (bicyclic) bond motifs is 5. The Kier molecular flexibility index (Phi) is 8.88. The van der Waals surface area contributed by atoms with Crippen LogP contribution in [0.2, 0.25) is 0 Å². The number of rotatable bonds is 9. The molecule has 0 aromatic heterocycles. The molecule has 0 N–H and O–H groups in total. The summed E-state index contributed by atoms with van der Waals surface area (Å²) in [6, 6.07) is 0. The average molecular weight is 501 g/mol. The van der Waals surface area contributed by atoms with E-state index in [9.17, 15) is 4.79 Å². The van der Waals surface area contributed by atoms with E-state index in [4.69, 9.17) is 9.47 Å². The number of hydrogen-bond acceptors (Lipinski definition) is 3. The first-order valence-corrected chi connectivity index (χ1v) is 15.6. The molecule has 3 fully saturated rings. The molecule has 0 aromatic rings. The van der Waals surface area contributed by atoms with Crippen LogP contribution in [0.15, 0.2) is 11.6 Å². The molecule has 4 aliphatic rings. The number of hydrogen-bond donors (Lipinski definition) is 0. The van der Waals surface area contributed by atoms with Crippen LogP contribution in [0.4, 0.5) is 4.79 Å². The number of carbonyl (C=O) groups excluding carboxylic acids is 1. The van der Waals surface area contributed by atoms with Gasteiger partial charge in [0.2, 0.25) is 0 Å². The number of allylic oxidation sites excluding steroid dienone is 1. The van der Waals surface area contributed by atoms with Gasteiger partial charge in [-0.25, -0.2) is 4.79 Å². The van der Waals surface area contributed by atoms with Gasteiger partial charge in [0.1, 0.15) is 6.10 Å². The molecule has 0 aliphatic heterocycles. The highest BCUT2D eigenvalue weighted by molar-refractivity contribution is 5.60. The van der Waals surface area contributed by atoms with Gasteiger partial charge in [0.25, 0.3) is 0 Å². The maximum absolute atomic E-state index is 12.3. The quantitative estimate of drug-likeness (QED) is 0.233. The molecule has 9 atom stereocenters. The molecule has 3 heteroatoms. The van der Waals surface area contributed by atoms with Crippen LogP contribution in [-0.4, -0.2) is 18.9 Å². The molecule has 4 rings (SSSR count). The molecule has 0 heterocycles. The first kappa shape index (κ1) is 28.0. The highest BCUT2D eigenvalue weighted by Crippen LogP contribution is 2.67. The smallest absolute Gasteiger partial charge is 0.434 e. The Morgan fingerprint density at radius 3 is 2.53 bits per heavy atom. The summed E-state index contributed by atoms with van der Waals surface area (Å²) in [5.41, 5.74) is 2.42. The molecule has 0 bridgehead atoms. The SMILES string of the molecule is CC[C@@H](C)COC(=O)O[C@H]1CC[C@@]2(C)C(=CC[C@@H]3[C@H]4CC[C@@H]([C@H](C)CCCC(C)C)[C@@]4(C)CC[C@H]32)C1. The third-order valence-electron chi connectivity index (χ3n) is 11.7. The zero-order valence-electron chi connectivity index (χ0n) is 24.6. The van der Waals surface area contributed by atoms with Crippen molar-refractivity contribution in [2.24, 2.45) is 52.3 Å². The Morgan fingerprint density at radius 1 is 1.03 bits per heavy atom. The zero-order valence-corrected chi connectivity index (χ0v) is 24.6. The fraction of sp³-hybridized carbons (Fsp3) is 0.909. The molecule has 36 heavy (non-hydrogen) atoms. The minimum atomic E-state index is -0.467. The van der Waals surface area contributed by atoms with Gasteiger partial charge in [-0.2, -0.15) is 0 Å². The van der Waals surface area contributed by atoms with Crippen molar-refractivity contribution in [1.82, 2.24) is 0 Å². The van der Waals surface area contributed by atoms with E-state index in [0.29, 0.717) is 23.4 Å². The van der Waals surface area contributed by atoms with Crippen LogP contribution in [0.25, 0.3) is 0 Å². The summed E-state index contributed by atoms with van der Waals surface area (Å²) in [7, 11) is 0. The van der Waals surface area contributed by atoms with Crippen LogP contribution in [0.1, 0.15) is 126 Å².